The van der Waals surface area contributed by atoms with Crippen molar-refractivity contribution in [3.05, 3.63) is 60.4 Å². The lowest BCUT2D eigenvalue weighted by molar-refractivity contribution is 0.00315. The zero-order chi connectivity index (χ0) is 28.4. The Morgan fingerprint density at radius 2 is 1.78 bits per heavy atom. The number of aromatic nitrogens is 3. The first-order chi connectivity index (χ1) is 19.8. The first-order valence-corrected chi connectivity index (χ1v) is 13.8. The van der Waals surface area contributed by atoms with Crippen LogP contribution in [0.5, 0.6) is 11.5 Å². The van der Waals surface area contributed by atoms with Crippen molar-refractivity contribution in [3.63, 3.8) is 0 Å². The molecule has 11 heteroatoms. The maximum absolute atomic E-state index is 12.4. The minimum absolute atomic E-state index is 0.00406. The van der Waals surface area contributed by atoms with Gasteiger partial charge in [0.15, 0.2) is 17.3 Å². The van der Waals surface area contributed by atoms with Gasteiger partial charge in [-0.15, -0.1) is 0 Å². The summed E-state index contributed by atoms with van der Waals surface area (Å²) in [5, 5.41) is 17.0. The molecule has 1 atom stereocenters. The molecule has 4 heterocycles. The van der Waals surface area contributed by atoms with Gasteiger partial charge in [0, 0.05) is 42.4 Å². The maximum Gasteiger partial charge on any atom is 0.324 e. The third-order valence-electron chi connectivity index (χ3n) is 7.05. The van der Waals surface area contributed by atoms with Crippen LogP contribution in [0.2, 0.25) is 0 Å². The SMILES string of the molecule is CC(C)(C)c1cc(NC(=O)Nc2ccc(-c3cc(-c4ccc5c(c4)OCC(CN4CCOCC4)O5)n[nH]3)cc2)no1. The number of carbonyl (C=O) groups excluding carboxylic acids is 1. The lowest BCUT2D eigenvalue weighted by Gasteiger charge is -2.33. The van der Waals surface area contributed by atoms with Gasteiger partial charge in [0.25, 0.3) is 0 Å². The monoisotopic (exact) mass is 558 g/mol. The van der Waals surface area contributed by atoms with Gasteiger partial charge in [-0.3, -0.25) is 15.3 Å². The Morgan fingerprint density at radius 3 is 2.54 bits per heavy atom. The predicted octanol–water partition coefficient (Wildman–Crippen LogP) is 5.15. The van der Waals surface area contributed by atoms with Gasteiger partial charge in [0.05, 0.1) is 24.6 Å². The van der Waals surface area contributed by atoms with E-state index in [1.165, 1.54) is 0 Å². The Labute approximate surface area is 238 Å². The minimum atomic E-state index is -0.402. The van der Waals surface area contributed by atoms with E-state index >= 15 is 0 Å². The fourth-order valence-corrected chi connectivity index (χ4v) is 4.75. The standard InChI is InChI=1S/C30H34N6O5/c1-30(2,3)27-16-28(35-41-27)32-29(37)31-21-7-4-19(5-8-21)23-15-24(34-33-23)20-6-9-25-26(14-20)39-18-22(40-25)17-36-10-12-38-13-11-36/h4-9,14-16,22H,10-13,17-18H2,1-3H3,(H,33,34)(H2,31,32,35,37). The van der Waals surface area contributed by atoms with Gasteiger partial charge in [-0.05, 0) is 42.0 Å². The summed E-state index contributed by atoms with van der Waals surface area (Å²) in [6.07, 6.45) is -0.00406. The van der Waals surface area contributed by atoms with Gasteiger partial charge < -0.3 is 24.1 Å². The van der Waals surface area contributed by atoms with Crippen LogP contribution >= 0.6 is 0 Å². The average molecular weight is 559 g/mol. The summed E-state index contributed by atoms with van der Waals surface area (Å²) < 4.78 is 23.0. The number of ether oxygens (including phenoxy) is 3. The number of anilines is 2. The summed E-state index contributed by atoms with van der Waals surface area (Å²) in [5.41, 5.74) is 3.97. The summed E-state index contributed by atoms with van der Waals surface area (Å²) in [4.78, 5) is 14.8. The highest BCUT2D eigenvalue weighted by molar-refractivity contribution is 5.99. The summed E-state index contributed by atoms with van der Waals surface area (Å²) in [6.45, 7) is 10.7. The molecule has 3 N–H and O–H groups in total. The van der Waals surface area contributed by atoms with Crippen molar-refractivity contribution in [1.82, 2.24) is 20.3 Å². The van der Waals surface area contributed by atoms with Crippen molar-refractivity contribution in [3.8, 4) is 34.0 Å². The number of fused-ring (bicyclic) bond motifs is 1. The van der Waals surface area contributed by atoms with Crippen LogP contribution in [0.3, 0.4) is 0 Å². The van der Waals surface area contributed by atoms with Crippen LogP contribution in [-0.4, -0.2) is 71.8 Å². The van der Waals surface area contributed by atoms with Gasteiger partial charge in [-0.1, -0.05) is 38.1 Å². The van der Waals surface area contributed by atoms with Gasteiger partial charge in [0.1, 0.15) is 18.5 Å². The van der Waals surface area contributed by atoms with Crippen LogP contribution < -0.4 is 20.1 Å². The number of morpholine rings is 1. The molecule has 41 heavy (non-hydrogen) atoms. The van der Waals surface area contributed by atoms with Gasteiger partial charge in [-0.2, -0.15) is 5.10 Å². The highest BCUT2D eigenvalue weighted by atomic mass is 16.6. The molecule has 214 valence electrons. The molecule has 11 nitrogen and oxygen atoms in total. The summed E-state index contributed by atoms with van der Waals surface area (Å²) in [7, 11) is 0. The molecule has 4 aromatic rings. The second kappa shape index (κ2) is 11.3. The smallest absolute Gasteiger partial charge is 0.324 e. The number of nitrogens with zero attached hydrogens (tertiary/aromatic N) is 3. The molecule has 1 unspecified atom stereocenters. The molecule has 2 aliphatic heterocycles. The molecule has 1 fully saturated rings. The van der Waals surface area contributed by atoms with Crippen molar-refractivity contribution in [2.24, 2.45) is 0 Å². The predicted molar refractivity (Wildman–Crippen MR) is 154 cm³/mol. The zero-order valence-corrected chi connectivity index (χ0v) is 23.4. The molecule has 0 aliphatic carbocycles. The van der Waals surface area contributed by atoms with Crippen molar-refractivity contribution in [2.45, 2.75) is 32.3 Å². The van der Waals surface area contributed by atoms with Gasteiger partial charge in [0.2, 0.25) is 0 Å². The molecule has 2 aliphatic rings. The van der Waals surface area contributed by atoms with Crippen LogP contribution in [0.15, 0.2) is 59.1 Å². The van der Waals surface area contributed by atoms with E-state index in [1.54, 1.807) is 6.07 Å². The number of benzene rings is 2. The van der Waals surface area contributed by atoms with E-state index in [2.05, 4.69) is 30.9 Å². The topological polar surface area (TPSA) is 127 Å². The molecule has 2 aromatic carbocycles. The number of H-pyrrole nitrogens is 1. The van der Waals surface area contributed by atoms with Crippen LogP contribution in [0.25, 0.3) is 22.5 Å². The van der Waals surface area contributed by atoms with Crippen molar-refractivity contribution < 1.29 is 23.5 Å². The normalized spacial score (nSPS) is 17.3. The first-order valence-electron chi connectivity index (χ1n) is 13.8. The van der Waals surface area contributed by atoms with Gasteiger partial charge in [-0.25, -0.2) is 4.79 Å². The highest BCUT2D eigenvalue weighted by Gasteiger charge is 2.25. The number of hydrogen-bond acceptors (Lipinski definition) is 8. The number of urea groups is 1. The molecule has 0 saturated carbocycles. The van der Waals surface area contributed by atoms with Crippen LogP contribution in [0, 0.1) is 0 Å². The van der Waals surface area contributed by atoms with Crippen LogP contribution in [-0.2, 0) is 10.2 Å². The van der Waals surface area contributed by atoms with E-state index in [0.29, 0.717) is 23.9 Å². The molecule has 0 radical (unpaired) electrons. The van der Waals surface area contributed by atoms with E-state index in [4.69, 9.17) is 18.7 Å². The Hall–Kier alpha value is -4.35. The highest BCUT2D eigenvalue weighted by Crippen LogP contribution is 2.36. The van der Waals surface area contributed by atoms with Gasteiger partial charge >= 0.3 is 6.03 Å². The largest absolute Gasteiger partial charge is 0.486 e. The Bertz CT molecular complexity index is 1500. The fourth-order valence-electron chi connectivity index (χ4n) is 4.75. The Kier molecular flexibility index (Phi) is 7.38. The molecular weight excluding hydrogens is 524 g/mol. The number of rotatable bonds is 6. The molecular formula is C30H34N6O5. The molecule has 0 spiro atoms. The number of amides is 2. The van der Waals surface area contributed by atoms with Crippen LogP contribution in [0.4, 0.5) is 16.3 Å². The summed E-state index contributed by atoms with van der Waals surface area (Å²) in [5.74, 6) is 2.53. The van der Waals surface area contributed by atoms with E-state index in [1.807, 2.05) is 69.3 Å². The Balaban J connectivity index is 1.06. The molecule has 2 amide bonds. The van der Waals surface area contributed by atoms with Crippen LogP contribution in [0.1, 0.15) is 26.5 Å². The lowest BCUT2D eigenvalue weighted by atomic mass is 9.93. The average Bonchev–Trinajstić information content (AvgIpc) is 3.64. The molecule has 0 bridgehead atoms. The minimum Gasteiger partial charge on any atom is -0.486 e. The second-order valence-corrected chi connectivity index (χ2v) is 11.3. The molecule has 2 aromatic heterocycles. The van der Waals surface area contributed by atoms with E-state index in [0.717, 1.165) is 66.9 Å². The quantitative estimate of drug-likeness (QED) is 0.297. The van der Waals surface area contributed by atoms with Crippen molar-refractivity contribution in [2.75, 3.05) is 50.1 Å². The number of nitrogens with one attached hydrogen (secondary N) is 3. The molecule has 1 saturated heterocycles. The van der Waals surface area contributed by atoms with E-state index in [9.17, 15) is 4.79 Å². The van der Waals surface area contributed by atoms with E-state index < -0.39 is 6.03 Å². The van der Waals surface area contributed by atoms with E-state index in [-0.39, 0.29) is 11.5 Å². The first kappa shape index (κ1) is 26.9. The number of aromatic amines is 1. The Morgan fingerprint density at radius 1 is 1.00 bits per heavy atom. The molecule has 6 rings (SSSR count). The van der Waals surface area contributed by atoms with Crippen molar-refractivity contribution >= 4 is 17.5 Å². The lowest BCUT2D eigenvalue weighted by Crippen LogP contribution is -2.45. The number of carbonyl (C=O) groups is 1. The third-order valence-corrected chi connectivity index (χ3v) is 7.05. The number of hydrogen-bond donors (Lipinski definition) is 3. The summed E-state index contributed by atoms with van der Waals surface area (Å²) in [6, 6.07) is 16.7. The fraction of sp³-hybridized carbons (Fsp3) is 0.367. The third kappa shape index (κ3) is 6.36. The second-order valence-electron chi connectivity index (χ2n) is 11.3. The summed E-state index contributed by atoms with van der Waals surface area (Å²) >= 11 is 0. The maximum atomic E-state index is 12.4. The van der Waals surface area contributed by atoms with Crippen molar-refractivity contribution in [1.29, 1.82) is 0 Å². The zero-order valence-electron chi connectivity index (χ0n) is 23.4.